The lowest BCUT2D eigenvalue weighted by molar-refractivity contribution is 0.107. The van der Waals surface area contributed by atoms with Crippen LogP contribution in [0.1, 0.15) is 29.9 Å². The molecule has 1 saturated heterocycles. The van der Waals surface area contributed by atoms with Gasteiger partial charge in [0.15, 0.2) is 5.82 Å². The molecule has 0 radical (unpaired) electrons. The van der Waals surface area contributed by atoms with Gasteiger partial charge in [0.2, 0.25) is 5.89 Å². The molecule has 0 unspecified atom stereocenters. The number of aromatic nitrogens is 4. The number of hydrogen-bond donors (Lipinski definition) is 0. The number of aryl methyl sites for hydroxylation is 2. The molecule has 1 fully saturated rings. The Morgan fingerprint density at radius 3 is 2.95 bits per heavy atom. The van der Waals surface area contributed by atoms with Crippen molar-refractivity contribution in [3.63, 3.8) is 0 Å². The minimum absolute atomic E-state index is 0.107. The quantitative estimate of drug-likeness (QED) is 0.832. The minimum Gasteiger partial charge on any atom is -0.380 e. The molecule has 0 N–H and O–H groups in total. The molecule has 2 aromatic rings. The smallest absolute Gasteiger partial charge is 0.244 e. The van der Waals surface area contributed by atoms with Crippen molar-refractivity contribution in [3.8, 4) is 0 Å². The normalized spacial score (nSPS) is 23.6. The molecule has 20 heavy (non-hydrogen) atoms. The molecular formula is C13H19N5O2. The molecule has 1 aliphatic heterocycles. The fraction of sp³-hybridized carbons (Fsp3) is 0.615. The Kier molecular flexibility index (Phi) is 3.54. The van der Waals surface area contributed by atoms with Gasteiger partial charge in [-0.25, -0.2) is 0 Å². The van der Waals surface area contributed by atoms with Crippen molar-refractivity contribution in [2.75, 3.05) is 13.7 Å². The maximum atomic E-state index is 5.50. The van der Waals surface area contributed by atoms with E-state index in [1.165, 1.54) is 0 Å². The van der Waals surface area contributed by atoms with Gasteiger partial charge in [0.25, 0.3) is 0 Å². The fourth-order valence-electron chi connectivity index (χ4n) is 2.68. The maximum Gasteiger partial charge on any atom is 0.244 e. The van der Waals surface area contributed by atoms with Gasteiger partial charge in [0, 0.05) is 33.4 Å². The van der Waals surface area contributed by atoms with Crippen LogP contribution in [0.4, 0.5) is 0 Å². The second-order valence-electron chi connectivity index (χ2n) is 5.16. The number of likely N-dealkylation sites (tertiary alicyclic amines) is 1. The molecule has 1 aliphatic rings. The zero-order chi connectivity index (χ0) is 14.1. The summed E-state index contributed by atoms with van der Waals surface area (Å²) in [7, 11) is 3.69. The van der Waals surface area contributed by atoms with Crippen molar-refractivity contribution < 1.29 is 9.26 Å². The SMILES string of the molecule is CO[C@H]1C[C@H](c2nc(C)no2)N(Cc2ccnn2C)C1. The molecule has 2 aromatic heterocycles. The fourth-order valence-corrected chi connectivity index (χ4v) is 2.68. The highest BCUT2D eigenvalue weighted by molar-refractivity contribution is 5.04. The van der Waals surface area contributed by atoms with Crippen LogP contribution in [0.3, 0.4) is 0 Å². The van der Waals surface area contributed by atoms with Crippen LogP contribution in [-0.4, -0.2) is 44.6 Å². The van der Waals surface area contributed by atoms with E-state index < -0.39 is 0 Å². The molecule has 7 nitrogen and oxygen atoms in total. The Bertz CT molecular complexity index is 579. The van der Waals surface area contributed by atoms with E-state index in [4.69, 9.17) is 9.26 Å². The van der Waals surface area contributed by atoms with Crippen molar-refractivity contribution in [2.24, 2.45) is 7.05 Å². The standard InChI is InChI=1S/C13H19N5O2/c1-9-15-13(20-16-9)12-6-11(19-3)8-18(12)7-10-4-5-14-17(10)2/h4-5,11-12H,6-8H2,1-3H3/t11-,12+/m0/s1. The molecule has 0 bridgehead atoms. The molecule has 0 saturated carbocycles. The Balaban J connectivity index is 1.81. The number of nitrogens with zero attached hydrogens (tertiary/aromatic N) is 5. The Morgan fingerprint density at radius 1 is 1.50 bits per heavy atom. The van der Waals surface area contributed by atoms with E-state index in [1.54, 1.807) is 7.11 Å². The number of hydrogen-bond acceptors (Lipinski definition) is 6. The average Bonchev–Trinajstić information content (AvgIpc) is 3.12. The van der Waals surface area contributed by atoms with Crippen molar-refractivity contribution in [3.05, 3.63) is 29.7 Å². The molecule has 3 rings (SSSR count). The first-order valence-electron chi connectivity index (χ1n) is 6.71. The zero-order valence-corrected chi connectivity index (χ0v) is 12.0. The monoisotopic (exact) mass is 277 g/mol. The highest BCUT2D eigenvalue weighted by atomic mass is 16.5. The van der Waals surface area contributed by atoms with Crippen molar-refractivity contribution >= 4 is 0 Å². The van der Waals surface area contributed by atoms with Crippen LogP contribution in [0.5, 0.6) is 0 Å². The lowest BCUT2D eigenvalue weighted by atomic mass is 10.2. The van der Waals surface area contributed by atoms with Crippen LogP contribution in [0.2, 0.25) is 0 Å². The number of rotatable bonds is 4. The second-order valence-corrected chi connectivity index (χ2v) is 5.16. The summed E-state index contributed by atoms with van der Waals surface area (Å²) in [6.07, 6.45) is 2.88. The Morgan fingerprint density at radius 2 is 2.35 bits per heavy atom. The topological polar surface area (TPSA) is 69.2 Å². The summed E-state index contributed by atoms with van der Waals surface area (Å²) in [6, 6.07) is 2.13. The first-order valence-corrected chi connectivity index (χ1v) is 6.71. The van der Waals surface area contributed by atoms with Gasteiger partial charge >= 0.3 is 0 Å². The van der Waals surface area contributed by atoms with Gasteiger partial charge in [-0.15, -0.1) is 0 Å². The summed E-state index contributed by atoms with van der Waals surface area (Å²) in [5.41, 5.74) is 1.16. The summed E-state index contributed by atoms with van der Waals surface area (Å²) < 4.78 is 12.7. The summed E-state index contributed by atoms with van der Waals surface area (Å²) >= 11 is 0. The molecule has 7 heteroatoms. The summed E-state index contributed by atoms with van der Waals surface area (Å²) in [6.45, 7) is 3.48. The van der Waals surface area contributed by atoms with E-state index in [0.717, 1.165) is 25.2 Å². The Labute approximate surface area is 117 Å². The average molecular weight is 277 g/mol. The molecular weight excluding hydrogens is 258 g/mol. The van der Waals surface area contributed by atoms with Crippen LogP contribution in [-0.2, 0) is 18.3 Å². The predicted molar refractivity (Wildman–Crippen MR) is 70.8 cm³/mol. The van der Waals surface area contributed by atoms with Gasteiger partial charge in [-0.3, -0.25) is 9.58 Å². The first kappa shape index (κ1) is 13.3. The van der Waals surface area contributed by atoms with Crippen LogP contribution in [0, 0.1) is 6.92 Å². The van der Waals surface area contributed by atoms with E-state index in [1.807, 2.05) is 30.9 Å². The first-order chi connectivity index (χ1) is 9.67. The van der Waals surface area contributed by atoms with E-state index in [2.05, 4.69) is 20.1 Å². The third kappa shape index (κ3) is 2.46. The largest absolute Gasteiger partial charge is 0.380 e. The lowest BCUT2D eigenvalue weighted by Gasteiger charge is -2.21. The molecule has 0 aliphatic carbocycles. The molecule has 2 atom stereocenters. The van der Waals surface area contributed by atoms with E-state index in [-0.39, 0.29) is 12.1 Å². The van der Waals surface area contributed by atoms with E-state index in [0.29, 0.717) is 11.7 Å². The lowest BCUT2D eigenvalue weighted by Crippen LogP contribution is -2.26. The number of ether oxygens (including phenoxy) is 1. The minimum atomic E-state index is 0.107. The van der Waals surface area contributed by atoms with E-state index >= 15 is 0 Å². The highest BCUT2D eigenvalue weighted by Gasteiger charge is 2.36. The molecule has 3 heterocycles. The van der Waals surface area contributed by atoms with Crippen LogP contribution in [0.15, 0.2) is 16.8 Å². The van der Waals surface area contributed by atoms with E-state index in [9.17, 15) is 0 Å². The third-order valence-electron chi connectivity index (χ3n) is 3.81. The highest BCUT2D eigenvalue weighted by Crippen LogP contribution is 2.33. The zero-order valence-electron chi connectivity index (χ0n) is 12.0. The van der Waals surface area contributed by atoms with Crippen LogP contribution >= 0.6 is 0 Å². The van der Waals surface area contributed by atoms with Gasteiger partial charge in [-0.1, -0.05) is 5.16 Å². The van der Waals surface area contributed by atoms with Crippen LogP contribution < -0.4 is 0 Å². The number of methoxy groups -OCH3 is 1. The molecule has 0 amide bonds. The van der Waals surface area contributed by atoms with Gasteiger partial charge < -0.3 is 9.26 Å². The van der Waals surface area contributed by atoms with Crippen molar-refractivity contribution in [1.29, 1.82) is 0 Å². The van der Waals surface area contributed by atoms with Crippen molar-refractivity contribution in [1.82, 2.24) is 24.8 Å². The third-order valence-corrected chi connectivity index (χ3v) is 3.81. The predicted octanol–water partition coefficient (Wildman–Crippen LogP) is 1.07. The summed E-state index contributed by atoms with van der Waals surface area (Å²) in [4.78, 5) is 6.67. The van der Waals surface area contributed by atoms with Crippen molar-refractivity contribution in [2.45, 2.75) is 32.0 Å². The molecule has 0 spiro atoms. The maximum absolute atomic E-state index is 5.50. The second kappa shape index (κ2) is 5.34. The molecule has 0 aromatic carbocycles. The summed E-state index contributed by atoms with van der Waals surface area (Å²) in [5.74, 6) is 1.34. The van der Waals surface area contributed by atoms with Gasteiger partial charge in [-0.2, -0.15) is 10.1 Å². The Hall–Kier alpha value is -1.73. The van der Waals surface area contributed by atoms with Crippen LogP contribution in [0.25, 0.3) is 0 Å². The molecule has 108 valence electrons. The van der Waals surface area contributed by atoms with Gasteiger partial charge in [0.05, 0.1) is 17.8 Å². The van der Waals surface area contributed by atoms with Gasteiger partial charge in [-0.05, 0) is 19.4 Å². The summed E-state index contributed by atoms with van der Waals surface area (Å²) in [5, 5.41) is 8.10. The van der Waals surface area contributed by atoms with Gasteiger partial charge in [0.1, 0.15) is 0 Å².